The molecule has 0 aliphatic heterocycles. The van der Waals surface area contributed by atoms with Crippen molar-refractivity contribution in [3.05, 3.63) is 22.7 Å². The van der Waals surface area contributed by atoms with E-state index in [-0.39, 0.29) is 17.9 Å². The van der Waals surface area contributed by atoms with Crippen molar-refractivity contribution < 1.29 is 19.7 Å². The largest absolute Gasteiger partial charge is 0.504 e. The topological polar surface area (TPSA) is 66.8 Å². The molecule has 0 saturated carbocycles. The van der Waals surface area contributed by atoms with Gasteiger partial charge in [-0.1, -0.05) is 17.7 Å². The lowest BCUT2D eigenvalue weighted by atomic mass is 10.1. The molecule has 0 bridgehead atoms. The lowest BCUT2D eigenvalue weighted by Gasteiger charge is -2.09. The second-order valence-corrected chi connectivity index (χ2v) is 3.74. The normalized spacial score (nSPS) is 10.1. The molecule has 0 saturated heterocycles. The Hall–Kier alpha value is -1.42. The third-order valence-electron chi connectivity index (χ3n) is 2.21. The van der Waals surface area contributed by atoms with Crippen LogP contribution in [0.4, 0.5) is 0 Å². The van der Waals surface area contributed by atoms with E-state index in [1.807, 2.05) is 0 Å². The number of halogens is 1. The number of hydrogen-bond acceptors (Lipinski definition) is 3. The first kappa shape index (κ1) is 12.6. The highest BCUT2D eigenvalue weighted by atomic mass is 35.5. The van der Waals surface area contributed by atoms with Gasteiger partial charge in [0.05, 0.1) is 12.1 Å². The summed E-state index contributed by atoms with van der Waals surface area (Å²) in [7, 11) is 1.42. The molecule has 0 fully saturated rings. The minimum atomic E-state index is -0.847. The van der Waals surface area contributed by atoms with Crippen molar-refractivity contribution in [1.82, 2.24) is 0 Å². The molecule has 1 rings (SSSR count). The third-order valence-corrected chi connectivity index (χ3v) is 2.51. The highest BCUT2D eigenvalue weighted by molar-refractivity contribution is 6.32. The molecule has 88 valence electrons. The Morgan fingerprint density at radius 3 is 2.75 bits per heavy atom. The number of ether oxygens (including phenoxy) is 1. The maximum atomic E-state index is 10.3. The number of aromatic hydroxyl groups is 1. The van der Waals surface area contributed by atoms with Gasteiger partial charge in [-0.05, 0) is 24.5 Å². The average Bonchev–Trinajstić information content (AvgIpc) is 2.22. The van der Waals surface area contributed by atoms with Gasteiger partial charge in [-0.25, -0.2) is 0 Å². The number of methoxy groups -OCH3 is 1. The molecular formula is C11H13ClO4. The van der Waals surface area contributed by atoms with Crippen LogP contribution >= 0.6 is 11.6 Å². The highest BCUT2D eigenvalue weighted by Gasteiger charge is 2.12. The molecule has 4 nitrogen and oxygen atoms in total. The number of benzene rings is 1. The lowest BCUT2D eigenvalue weighted by Crippen LogP contribution is -1.97. The van der Waals surface area contributed by atoms with Crippen molar-refractivity contribution >= 4 is 17.6 Å². The first-order chi connectivity index (χ1) is 7.56. The summed E-state index contributed by atoms with van der Waals surface area (Å²) in [4.78, 5) is 10.3. The summed E-state index contributed by atoms with van der Waals surface area (Å²) in [6.07, 6.45) is 1.02. The first-order valence-electron chi connectivity index (χ1n) is 4.82. The smallest absolute Gasteiger partial charge is 0.303 e. The Labute approximate surface area is 98.4 Å². The fourth-order valence-electron chi connectivity index (χ4n) is 1.41. The van der Waals surface area contributed by atoms with Crippen LogP contribution in [0.3, 0.4) is 0 Å². The molecule has 1 aromatic carbocycles. The summed E-state index contributed by atoms with van der Waals surface area (Å²) in [5, 5.41) is 18.6. The van der Waals surface area contributed by atoms with E-state index in [9.17, 15) is 9.90 Å². The fraction of sp³-hybridized carbons (Fsp3) is 0.364. The van der Waals surface area contributed by atoms with E-state index in [0.29, 0.717) is 23.4 Å². The Morgan fingerprint density at radius 2 is 2.19 bits per heavy atom. The van der Waals surface area contributed by atoms with Crippen LogP contribution in [-0.2, 0) is 11.2 Å². The summed E-state index contributed by atoms with van der Waals surface area (Å²) in [5.41, 5.74) is 0.641. The van der Waals surface area contributed by atoms with Gasteiger partial charge in [-0.2, -0.15) is 0 Å². The number of carboxylic acids is 1. The van der Waals surface area contributed by atoms with Gasteiger partial charge in [0.1, 0.15) is 0 Å². The average molecular weight is 245 g/mol. The fourth-order valence-corrected chi connectivity index (χ4v) is 1.64. The van der Waals surface area contributed by atoms with E-state index in [2.05, 4.69) is 0 Å². The van der Waals surface area contributed by atoms with Crippen LogP contribution in [-0.4, -0.2) is 23.3 Å². The van der Waals surface area contributed by atoms with Gasteiger partial charge in [-0.3, -0.25) is 4.79 Å². The van der Waals surface area contributed by atoms with E-state index >= 15 is 0 Å². The van der Waals surface area contributed by atoms with Crippen LogP contribution < -0.4 is 4.74 Å². The zero-order chi connectivity index (χ0) is 12.1. The zero-order valence-electron chi connectivity index (χ0n) is 8.86. The maximum absolute atomic E-state index is 10.3. The number of aryl methyl sites for hydroxylation is 1. The first-order valence-corrected chi connectivity index (χ1v) is 5.20. The van der Waals surface area contributed by atoms with Crippen molar-refractivity contribution in [2.24, 2.45) is 0 Å². The Morgan fingerprint density at radius 1 is 1.50 bits per heavy atom. The summed E-state index contributed by atoms with van der Waals surface area (Å²) in [6, 6.07) is 3.29. The predicted molar refractivity (Wildman–Crippen MR) is 60.2 cm³/mol. The number of carboxylic acid groups (broad SMARTS) is 1. The second kappa shape index (κ2) is 5.61. The van der Waals surface area contributed by atoms with Crippen LogP contribution in [0.15, 0.2) is 12.1 Å². The Kier molecular flexibility index (Phi) is 4.43. The van der Waals surface area contributed by atoms with Gasteiger partial charge in [-0.15, -0.1) is 0 Å². The number of aliphatic carboxylic acids is 1. The summed E-state index contributed by atoms with van der Waals surface area (Å²) in [5.74, 6) is -0.629. The molecule has 0 unspecified atom stereocenters. The molecule has 1 aromatic rings. The standard InChI is InChI=1S/C11H13ClO4/c1-16-11-8(12)6-5-7(10(11)15)3-2-4-9(13)14/h5-6,15H,2-4H2,1H3,(H,13,14). The predicted octanol–water partition coefficient (Wildman–Crippen LogP) is 2.46. The molecule has 2 N–H and O–H groups in total. The molecule has 0 heterocycles. The molecule has 0 radical (unpaired) electrons. The van der Waals surface area contributed by atoms with Gasteiger partial charge < -0.3 is 14.9 Å². The van der Waals surface area contributed by atoms with E-state index in [0.717, 1.165) is 0 Å². The summed E-state index contributed by atoms with van der Waals surface area (Å²) < 4.78 is 4.95. The molecule has 0 spiro atoms. The lowest BCUT2D eigenvalue weighted by molar-refractivity contribution is -0.137. The van der Waals surface area contributed by atoms with Gasteiger partial charge >= 0.3 is 5.97 Å². The Balaban J connectivity index is 2.77. The van der Waals surface area contributed by atoms with Crippen LogP contribution in [0.1, 0.15) is 18.4 Å². The highest BCUT2D eigenvalue weighted by Crippen LogP contribution is 2.37. The van der Waals surface area contributed by atoms with Gasteiger partial charge in [0.25, 0.3) is 0 Å². The van der Waals surface area contributed by atoms with Crippen LogP contribution in [0, 0.1) is 0 Å². The minimum Gasteiger partial charge on any atom is -0.504 e. The van der Waals surface area contributed by atoms with Crippen LogP contribution in [0.25, 0.3) is 0 Å². The van der Waals surface area contributed by atoms with E-state index in [1.165, 1.54) is 7.11 Å². The number of carbonyl (C=O) groups is 1. The molecule has 0 aromatic heterocycles. The quantitative estimate of drug-likeness (QED) is 0.835. The molecule has 16 heavy (non-hydrogen) atoms. The molecule has 0 aliphatic rings. The summed E-state index contributed by atoms with van der Waals surface area (Å²) in [6.45, 7) is 0. The number of phenols is 1. The van der Waals surface area contributed by atoms with Crippen LogP contribution in [0.5, 0.6) is 11.5 Å². The summed E-state index contributed by atoms with van der Waals surface area (Å²) >= 11 is 5.81. The van der Waals surface area contributed by atoms with Crippen molar-refractivity contribution in [1.29, 1.82) is 0 Å². The van der Waals surface area contributed by atoms with Crippen LogP contribution in [0.2, 0.25) is 5.02 Å². The second-order valence-electron chi connectivity index (χ2n) is 3.34. The number of hydrogen-bond donors (Lipinski definition) is 2. The van der Waals surface area contributed by atoms with Crippen molar-refractivity contribution in [2.75, 3.05) is 7.11 Å². The van der Waals surface area contributed by atoms with Crippen molar-refractivity contribution in [3.63, 3.8) is 0 Å². The van der Waals surface area contributed by atoms with Crippen molar-refractivity contribution in [3.8, 4) is 11.5 Å². The molecule has 0 atom stereocenters. The Bertz CT molecular complexity index is 390. The molecule has 0 amide bonds. The van der Waals surface area contributed by atoms with Gasteiger partial charge in [0.15, 0.2) is 11.5 Å². The molecule has 5 heteroatoms. The number of phenolic OH excluding ortho intramolecular Hbond substituents is 1. The monoisotopic (exact) mass is 244 g/mol. The maximum Gasteiger partial charge on any atom is 0.303 e. The van der Waals surface area contributed by atoms with Gasteiger partial charge in [0.2, 0.25) is 0 Å². The van der Waals surface area contributed by atoms with E-state index in [4.69, 9.17) is 21.4 Å². The van der Waals surface area contributed by atoms with E-state index in [1.54, 1.807) is 12.1 Å². The number of rotatable bonds is 5. The third kappa shape index (κ3) is 3.03. The van der Waals surface area contributed by atoms with Gasteiger partial charge in [0, 0.05) is 6.42 Å². The molecule has 0 aliphatic carbocycles. The zero-order valence-corrected chi connectivity index (χ0v) is 9.62. The van der Waals surface area contributed by atoms with E-state index < -0.39 is 5.97 Å². The minimum absolute atomic E-state index is 0.0135. The van der Waals surface area contributed by atoms with Crippen molar-refractivity contribution in [2.45, 2.75) is 19.3 Å². The SMILES string of the molecule is COc1c(Cl)ccc(CCCC(=O)O)c1O. The molecular weight excluding hydrogens is 232 g/mol.